The van der Waals surface area contributed by atoms with Crippen LogP contribution in [-0.2, 0) is 4.74 Å². The Balaban J connectivity index is 3.27. The van der Waals surface area contributed by atoms with Crippen LogP contribution in [0.15, 0.2) is 16.6 Å². The summed E-state index contributed by atoms with van der Waals surface area (Å²) in [4.78, 5) is 11.5. The number of benzene rings is 1. The van der Waals surface area contributed by atoms with Gasteiger partial charge >= 0.3 is 5.97 Å². The Labute approximate surface area is 102 Å². The van der Waals surface area contributed by atoms with Gasteiger partial charge < -0.3 is 9.47 Å². The standard InChI is InChI=1S/C11H10BrNO3/c1-3-16-11(14)7-4-5-9(15-2)10(12)8(7)6-13/h4-5H,3H2,1-2H3. The lowest BCUT2D eigenvalue weighted by Crippen LogP contribution is -2.07. The maximum Gasteiger partial charge on any atom is 0.339 e. The Bertz CT molecular complexity index is 451. The number of carbonyl (C=O) groups is 1. The predicted octanol–water partition coefficient (Wildman–Crippen LogP) is 2.51. The summed E-state index contributed by atoms with van der Waals surface area (Å²) in [6, 6.07) is 5.07. The van der Waals surface area contributed by atoms with E-state index in [0.717, 1.165) is 0 Å². The van der Waals surface area contributed by atoms with Crippen molar-refractivity contribution in [1.29, 1.82) is 5.26 Å². The van der Waals surface area contributed by atoms with Gasteiger partial charge in [-0.1, -0.05) is 0 Å². The second-order valence-electron chi connectivity index (χ2n) is 2.84. The fourth-order valence-electron chi connectivity index (χ4n) is 1.20. The smallest absolute Gasteiger partial charge is 0.339 e. The normalized spacial score (nSPS) is 9.38. The van der Waals surface area contributed by atoms with Crippen LogP contribution in [0.3, 0.4) is 0 Å². The average molecular weight is 284 g/mol. The van der Waals surface area contributed by atoms with Gasteiger partial charge in [0.05, 0.1) is 29.3 Å². The molecule has 84 valence electrons. The van der Waals surface area contributed by atoms with Crippen molar-refractivity contribution in [2.45, 2.75) is 6.92 Å². The fraction of sp³-hybridized carbons (Fsp3) is 0.273. The summed E-state index contributed by atoms with van der Waals surface area (Å²) in [6.07, 6.45) is 0. The number of nitrogens with zero attached hydrogens (tertiary/aromatic N) is 1. The van der Waals surface area contributed by atoms with Crippen molar-refractivity contribution in [2.75, 3.05) is 13.7 Å². The first kappa shape index (κ1) is 12.5. The molecule has 16 heavy (non-hydrogen) atoms. The van der Waals surface area contributed by atoms with Crippen LogP contribution in [0.5, 0.6) is 5.75 Å². The van der Waals surface area contributed by atoms with E-state index in [2.05, 4.69) is 15.9 Å². The van der Waals surface area contributed by atoms with Crippen LogP contribution in [0.4, 0.5) is 0 Å². The van der Waals surface area contributed by atoms with Crippen molar-refractivity contribution < 1.29 is 14.3 Å². The SMILES string of the molecule is CCOC(=O)c1ccc(OC)c(Br)c1C#N. The molecule has 0 radical (unpaired) electrons. The first-order valence-corrected chi connectivity index (χ1v) is 5.38. The van der Waals surface area contributed by atoms with Crippen molar-refractivity contribution in [1.82, 2.24) is 0 Å². The molecule has 0 aliphatic rings. The third-order valence-corrected chi connectivity index (χ3v) is 2.72. The highest BCUT2D eigenvalue weighted by molar-refractivity contribution is 9.10. The number of methoxy groups -OCH3 is 1. The van der Waals surface area contributed by atoms with E-state index in [-0.39, 0.29) is 17.7 Å². The zero-order valence-corrected chi connectivity index (χ0v) is 10.5. The molecule has 5 heteroatoms. The maximum atomic E-state index is 11.5. The van der Waals surface area contributed by atoms with Crippen LogP contribution in [0.25, 0.3) is 0 Å². The zero-order valence-electron chi connectivity index (χ0n) is 8.91. The number of hydrogen-bond donors (Lipinski definition) is 0. The molecular weight excluding hydrogens is 274 g/mol. The summed E-state index contributed by atoms with van der Waals surface area (Å²) in [5, 5.41) is 8.99. The van der Waals surface area contributed by atoms with Gasteiger partial charge in [-0.2, -0.15) is 5.26 Å². The average Bonchev–Trinajstić information content (AvgIpc) is 2.28. The van der Waals surface area contributed by atoms with Gasteiger partial charge in [0.15, 0.2) is 0 Å². The summed E-state index contributed by atoms with van der Waals surface area (Å²) < 4.78 is 10.3. The van der Waals surface area contributed by atoms with E-state index in [9.17, 15) is 4.79 Å². The molecule has 1 rings (SSSR count). The Kier molecular flexibility index (Phi) is 4.32. The predicted molar refractivity (Wildman–Crippen MR) is 61.4 cm³/mol. The summed E-state index contributed by atoms with van der Waals surface area (Å²) in [6.45, 7) is 1.98. The molecule has 1 aromatic rings. The molecule has 0 aliphatic heterocycles. The van der Waals surface area contributed by atoms with Crippen molar-refractivity contribution >= 4 is 21.9 Å². The number of rotatable bonds is 3. The molecule has 4 nitrogen and oxygen atoms in total. The van der Waals surface area contributed by atoms with E-state index in [4.69, 9.17) is 14.7 Å². The molecule has 0 bridgehead atoms. The number of halogens is 1. The van der Waals surface area contributed by atoms with E-state index in [1.165, 1.54) is 13.2 Å². The third-order valence-electron chi connectivity index (χ3n) is 1.93. The summed E-state index contributed by atoms with van der Waals surface area (Å²) >= 11 is 3.22. The second-order valence-corrected chi connectivity index (χ2v) is 3.63. The Morgan fingerprint density at radius 1 is 1.56 bits per heavy atom. The summed E-state index contributed by atoms with van der Waals surface area (Å²) in [5.41, 5.74) is 0.454. The largest absolute Gasteiger partial charge is 0.496 e. The maximum absolute atomic E-state index is 11.5. The Morgan fingerprint density at radius 2 is 2.25 bits per heavy atom. The van der Waals surface area contributed by atoms with Crippen LogP contribution in [0, 0.1) is 11.3 Å². The van der Waals surface area contributed by atoms with Crippen molar-refractivity contribution in [3.8, 4) is 11.8 Å². The second kappa shape index (κ2) is 5.52. The van der Waals surface area contributed by atoms with E-state index in [1.54, 1.807) is 13.0 Å². The monoisotopic (exact) mass is 283 g/mol. The van der Waals surface area contributed by atoms with E-state index in [1.807, 2.05) is 6.07 Å². The lowest BCUT2D eigenvalue weighted by atomic mass is 10.1. The van der Waals surface area contributed by atoms with Gasteiger partial charge in [0, 0.05) is 0 Å². The highest BCUT2D eigenvalue weighted by Gasteiger charge is 2.17. The summed E-state index contributed by atoms with van der Waals surface area (Å²) in [5.74, 6) is -0.00741. The molecule has 0 heterocycles. The first-order valence-electron chi connectivity index (χ1n) is 4.59. The Hall–Kier alpha value is -1.54. The molecule has 0 spiro atoms. The molecule has 0 unspecified atom stereocenters. The molecule has 0 saturated heterocycles. The highest BCUT2D eigenvalue weighted by Crippen LogP contribution is 2.30. The van der Waals surface area contributed by atoms with Gasteiger partial charge in [0.25, 0.3) is 0 Å². The zero-order chi connectivity index (χ0) is 12.1. The third kappa shape index (κ3) is 2.34. The van der Waals surface area contributed by atoms with Crippen LogP contribution in [0.1, 0.15) is 22.8 Å². The molecule has 0 fully saturated rings. The molecule has 0 amide bonds. The molecule has 0 atom stereocenters. The molecule has 0 saturated carbocycles. The van der Waals surface area contributed by atoms with Gasteiger partial charge in [-0.3, -0.25) is 0 Å². The minimum absolute atomic E-state index is 0.220. The van der Waals surface area contributed by atoms with Gasteiger partial charge in [-0.15, -0.1) is 0 Å². The number of nitriles is 1. The summed E-state index contributed by atoms with van der Waals surface area (Å²) in [7, 11) is 1.49. The van der Waals surface area contributed by atoms with Gasteiger partial charge in [-0.05, 0) is 35.0 Å². The lowest BCUT2D eigenvalue weighted by molar-refractivity contribution is 0.0526. The highest BCUT2D eigenvalue weighted by atomic mass is 79.9. The molecule has 0 N–H and O–H groups in total. The van der Waals surface area contributed by atoms with Gasteiger partial charge in [0.2, 0.25) is 0 Å². The number of ether oxygens (including phenoxy) is 2. The molecule has 0 aromatic heterocycles. The van der Waals surface area contributed by atoms with Gasteiger partial charge in [0.1, 0.15) is 11.8 Å². The van der Waals surface area contributed by atoms with Crippen LogP contribution >= 0.6 is 15.9 Å². The quantitative estimate of drug-likeness (QED) is 0.800. The van der Waals surface area contributed by atoms with Crippen LogP contribution in [0.2, 0.25) is 0 Å². The fourth-order valence-corrected chi connectivity index (χ4v) is 1.80. The van der Waals surface area contributed by atoms with Crippen LogP contribution in [-0.4, -0.2) is 19.7 Å². The minimum atomic E-state index is -0.512. The van der Waals surface area contributed by atoms with Crippen LogP contribution < -0.4 is 4.74 Å². The Morgan fingerprint density at radius 3 is 2.75 bits per heavy atom. The number of carbonyl (C=O) groups excluding carboxylic acids is 1. The van der Waals surface area contributed by atoms with Crippen molar-refractivity contribution in [2.24, 2.45) is 0 Å². The molecule has 1 aromatic carbocycles. The topological polar surface area (TPSA) is 59.3 Å². The number of esters is 1. The van der Waals surface area contributed by atoms with E-state index in [0.29, 0.717) is 10.2 Å². The van der Waals surface area contributed by atoms with Crippen molar-refractivity contribution in [3.63, 3.8) is 0 Å². The molecule has 0 aliphatic carbocycles. The van der Waals surface area contributed by atoms with E-state index < -0.39 is 5.97 Å². The van der Waals surface area contributed by atoms with Gasteiger partial charge in [-0.25, -0.2) is 4.79 Å². The van der Waals surface area contributed by atoms with E-state index >= 15 is 0 Å². The first-order chi connectivity index (χ1) is 7.65. The lowest BCUT2D eigenvalue weighted by Gasteiger charge is -2.08. The van der Waals surface area contributed by atoms with Crippen molar-refractivity contribution in [3.05, 3.63) is 27.7 Å². The molecular formula is C11H10BrNO3. The number of hydrogen-bond acceptors (Lipinski definition) is 4. The minimum Gasteiger partial charge on any atom is -0.496 e.